The van der Waals surface area contributed by atoms with Gasteiger partial charge in [0, 0.05) is 21.5 Å². The lowest BCUT2D eigenvalue weighted by Gasteiger charge is -2.06. The van der Waals surface area contributed by atoms with Crippen molar-refractivity contribution in [2.24, 2.45) is 0 Å². The summed E-state index contributed by atoms with van der Waals surface area (Å²) in [5, 5.41) is 1.57. The molecule has 0 unspecified atom stereocenters. The Hall–Kier alpha value is -0.710. The van der Waals surface area contributed by atoms with E-state index >= 15 is 0 Å². The van der Waals surface area contributed by atoms with Gasteiger partial charge in [0.2, 0.25) is 0 Å². The number of nitrogens with zero attached hydrogens (tertiary/aromatic N) is 1. The number of rotatable bonds is 1. The molecule has 0 bridgehead atoms. The van der Waals surface area contributed by atoms with E-state index in [9.17, 15) is 4.79 Å². The van der Waals surface area contributed by atoms with Crippen LogP contribution in [-0.2, 0) is 6.42 Å². The predicted octanol–water partition coefficient (Wildman–Crippen LogP) is 4.75. The Balaban J connectivity index is 2.10. The van der Waals surface area contributed by atoms with Crippen molar-refractivity contribution in [3.8, 4) is 10.6 Å². The number of halogens is 2. The molecule has 2 nitrogen and oxygen atoms in total. The van der Waals surface area contributed by atoms with Crippen LogP contribution < -0.4 is 0 Å². The number of thiazole rings is 1. The van der Waals surface area contributed by atoms with E-state index in [1.54, 1.807) is 0 Å². The fraction of sp³-hybridized carbons (Fsp3) is 0.231. The Morgan fingerprint density at radius 2 is 2.17 bits per heavy atom. The van der Waals surface area contributed by atoms with Crippen LogP contribution in [-0.4, -0.2) is 10.8 Å². The number of Topliss-reactive ketones (excluding diaryl/α,β-unsaturated/α-hetero) is 1. The van der Waals surface area contributed by atoms with Crippen molar-refractivity contribution >= 4 is 44.7 Å². The molecule has 0 saturated heterocycles. The molecule has 92 valence electrons. The molecule has 1 heterocycles. The molecule has 0 fully saturated rings. The zero-order chi connectivity index (χ0) is 12.7. The van der Waals surface area contributed by atoms with Gasteiger partial charge in [0.15, 0.2) is 5.78 Å². The van der Waals surface area contributed by atoms with Crippen molar-refractivity contribution in [3.63, 3.8) is 0 Å². The smallest absolute Gasteiger partial charge is 0.174 e. The molecule has 5 heteroatoms. The molecule has 0 radical (unpaired) electrons. The molecule has 0 amide bonds. The first-order chi connectivity index (χ1) is 8.65. The number of hydrogen-bond donors (Lipinski definition) is 0. The second-order valence-electron chi connectivity index (χ2n) is 4.20. The monoisotopic (exact) mass is 341 g/mol. The lowest BCUT2D eigenvalue weighted by molar-refractivity contribution is 0.0976. The molecule has 1 aromatic carbocycles. The Labute approximate surface area is 122 Å². The van der Waals surface area contributed by atoms with Crippen molar-refractivity contribution in [3.05, 3.63) is 38.3 Å². The Morgan fingerprint density at radius 3 is 2.89 bits per heavy atom. The Bertz CT molecular complexity index is 638. The summed E-state index contributed by atoms with van der Waals surface area (Å²) < 4.78 is 0.911. The van der Waals surface area contributed by atoms with Crippen molar-refractivity contribution in [1.82, 2.24) is 4.98 Å². The van der Waals surface area contributed by atoms with E-state index in [-0.39, 0.29) is 5.78 Å². The lowest BCUT2D eigenvalue weighted by atomic mass is 10.0. The summed E-state index contributed by atoms with van der Waals surface area (Å²) >= 11 is 10.9. The fourth-order valence-corrected chi connectivity index (χ4v) is 4.17. The van der Waals surface area contributed by atoms with Gasteiger partial charge in [0.1, 0.15) is 5.01 Å². The van der Waals surface area contributed by atoms with Crippen LogP contribution in [0.25, 0.3) is 10.6 Å². The van der Waals surface area contributed by atoms with Gasteiger partial charge in [0.25, 0.3) is 0 Å². The fourth-order valence-electron chi connectivity index (χ4n) is 2.05. The maximum Gasteiger partial charge on any atom is 0.174 e. The highest BCUT2D eigenvalue weighted by molar-refractivity contribution is 9.10. The third-order valence-electron chi connectivity index (χ3n) is 2.93. The average Bonchev–Trinajstić information content (AvgIpc) is 2.74. The summed E-state index contributed by atoms with van der Waals surface area (Å²) in [7, 11) is 0. The molecule has 0 spiro atoms. The van der Waals surface area contributed by atoms with E-state index in [1.807, 2.05) is 18.2 Å². The minimum Gasteiger partial charge on any atom is -0.293 e. The van der Waals surface area contributed by atoms with Crippen molar-refractivity contribution in [1.29, 1.82) is 0 Å². The van der Waals surface area contributed by atoms with Gasteiger partial charge < -0.3 is 0 Å². The van der Waals surface area contributed by atoms with Crippen LogP contribution >= 0.6 is 38.9 Å². The van der Waals surface area contributed by atoms with Crippen LogP contribution in [0.5, 0.6) is 0 Å². The molecule has 1 aliphatic carbocycles. The van der Waals surface area contributed by atoms with E-state index in [1.165, 1.54) is 11.3 Å². The van der Waals surface area contributed by atoms with Crippen molar-refractivity contribution in [2.75, 3.05) is 0 Å². The molecule has 0 saturated carbocycles. The molecule has 2 aromatic rings. The first-order valence-electron chi connectivity index (χ1n) is 5.63. The van der Waals surface area contributed by atoms with Gasteiger partial charge in [0.05, 0.1) is 10.6 Å². The maximum absolute atomic E-state index is 11.8. The van der Waals surface area contributed by atoms with E-state index in [0.29, 0.717) is 11.4 Å². The van der Waals surface area contributed by atoms with Gasteiger partial charge in [-0.3, -0.25) is 4.79 Å². The van der Waals surface area contributed by atoms with E-state index in [0.717, 1.165) is 38.5 Å². The third-order valence-corrected chi connectivity index (χ3v) is 4.99. The van der Waals surface area contributed by atoms with Crippen LogP contribution in [0.2, 0.25) is 5.02 Å². The van der Waals surface area contributed by atoms with E-state index < -0.39 is 0 Å². The first kappa shape index (κ1) is 12.3. The van der Waals surface area contributed by atoms with Gasteiger partial charge in [-0.1, -0.05) is 27.5 Å². The quantitative estimate of drug-likeness (QED) is 0.749. The zero-order valence-electron chi connectivity index (χ0n) is 9.37. The minimum absolute atomic E-state index is 0.227. The molecule has 0 aliphatic heterocycles. The number of benzene rings is 1. The van der Waals surface area contributed by atoms with Gasteiger partial charge in [-0.2, -0.15) is 0 Å². The number of aromatic nitrogens is 1. The molecular weight excluding hydrogens is 334 g/mol. The molecule has 1 aliphatic rings. The van der Waals surface area contributed by atoms with Crippen molar-refractivity contribution < 1.29 is 4.79 Å². The van der Waals surface area contributed by atoms with Crippen LogP contribution in [0.1, 0.15) is 28.2 Å². The maximum atomic E-state index is 11.8. The van der Waals surface area contributed by atoms with Crippen LogP contribution in [0, 0.1) is 0 Å². The third kappa shape index (κ3) is 2.13. The van der Waals surface area contributed by atoms with Crippen LogP contribution in [0.15, 0.2) is 22.7 Å². The van der Waals surface area contributed by atoms with Gasteiger partial charge in [-0.05, 0) is 31.0 Å². The average molecular weight is 343 g/mol. The summed E-state index contributed by atoms with van der Waals surface area (Å²) in [6.07, 6.45) is 2.47. The topological polar surface area (TPSA) is 30.0 Å². The van der Waals surface area contributed by atoms with Gasteiger partial charge in [-0.15, -0.1) is 11.3 Å². The number of fused-ring (bicyclic) bond motifs is 1. The second kappa shape index (κ2) is 4.76. The number of hydrogen-bond acceptors (Lipinski definition) is 3. The lowest BCUT2D eigenvalue weighted by Crippen LogP contribution is -2.07. The first-order valence-corrected chi connectivity index (χ1v) is 7.62. The Kier molecular flexibility index (Phi) is 3.26. The highest BCUT2D eigenvalue weighted by Crippen LogP contribution is 2.36. The molecular formula is C13H9BrClNOS. The number of ketones is 1. The Morgan fingerprint density at radius 1 is 1.33 bits per heavy atom. The molecule has 3 rings (SSSR count). The number of carbonyl (C=O) groups is 1. The second-order valence-corrected chi connectivity index (χ2v) is 6.49. The summed E-state index contributed by atoms with van der Waals surface area (Å²) in [6.45, 7) is 0. The highest BCUT2D eigenvalue weighted by Gasteiger charge is 2.23. The van der Waals surface area contributed by atoms with E-state index in [2.05, 4.69) is 20.9 Å². The standard InChI is InChI=1S/C13H9BrClNOS/c14-9-6-7(15)4-5-8(9)13-16-10-2-1-3-11(17)12(10)18-13/h4-6H,1-3H2. The highest BCUT2D eigenvalue weighted by atomic mass is 79.9. The molecule has 0 atom stereocenters. The van der Waals surface area contributed by atoms with Crippen LogP contribution in [0.4, 0.5) is 0 Å². The summed E-state index contributed by atoms with van der Waals surface area (Å²) in [5.74, 6) is 0.227. The van der Waals surface area contributed by atoms with Gasteiger partial charge in [-0.25, -0.2) is 4.98 Å². The molecule has 18 heavy (non-hydrogen) atoms. The minimum atomic E-state index is 0.227. The van der Waals surface area contributed by atoms with Crippen molar-refractivity contribution in [2.45, 2.75) is 19.3 Å². The molecule has 1 aromatic heterocycles. The molecule has 0 N–H and O–H groups in total. The normalized spacial score (nSPS) is 14.7. The summed E-state index contributed by atoms with van der Waals surface area (Å²) in [4.78, 5) is 17.2. The number of carbonyl (C=O) groups excluding carboxylic acids is 1. The van der Waals surface area contributed by atoms with E-state index in [4.69, 9.17) is 11.6 Å². The summed E-state index contributed by atoms with van der Waals surface area (Å²) in [5.41, 5.74) is 1.94. The SMILES string of the molecule is O=C1CCCc2nc(-c3ccc(Cl)cc3Br)sc21. The van der Waals surface area contributed by atoms with Gasteiger partial charge >= 0.3 is 0 Å². The largest absolute Gasteiger partial charge is 0.293 e. The van der Waals surface area contributed by atoms with Crippen LogP contribution in [0.3, 0.4) is 0 Å². The number of aryl methyl sites for hydroxylation is 1. The summed E-state index contributed by atoms with van der Waals surface area (Å²) in [6, 6.07) is 5.62. The predicted molar refractivity (Wildman–Crippen MR) is 77.5 cm³/mol. The zero-order valence-corrected chi connectivity index (χ0v) is 12.5.